The topological polar surface area (TPSA) is 93.2 Å². The molecule has 0 aliphatic heterocycles. The van der Waals surface area contributed by atoms with Crippen molar-refractivity contribution in [1.29, 1.82) is 0 Å². The van der Waals surface area contributed by atoms with Gasteiger partial charge < -0.3 is 4.42 Å². The van der Waals surface area contributed by atoms with Crippen molar-refractivity contribution in [3.05, 3.63) is 83.6 Å². The first kappa shape index (κ1) is 19.8. The van der Waals surface area contributed by atoms with Crippen molar-refractivity contribution in [3.63, 3.8) is 0 Å². The van der Waals surface area contributed by atoms with Crippen LogP contribution >= 0.6 is 11.8 Å². The second-order valence-corrected chi connectivity index (χ2v) is 7.14. The molecule has 4 rings (SSSR count). The molecule has 2 heterocycles. The van der Waals surface area contributed by atoms with Crippen LogP contribution < -0.4 is 5.48 Å². The van der Waals surface area contributed by atoms with Gasteiger partial charge in [-0.15, -0.1) is 10.2 Å². The second-order valence-electron chi connectivity index (χ2n) is 6.17. The van der Waals surface area contributed by atoms with Crippen LogP contribution in [0.3, 0.4) is 0 Å². The van der Waals surface area contributed by atoms with E-state index in [1.54, 1.807) is 16.7 Å². The highest BCUT2D eigenvalue weighted by Crippen LogP contribution is 2.34. The lowest BCUT2D eigenvalue weighted by atomic mass is 10.2. The molecule has 2 aromatic carbocycles. The number of amides is 1. The number of benzene rings is 2. The summed E-state index contributed by atoms with van der Waals surface area (Å²) in [5.74, 6) is -2.08. The molecular formula is C20H14F2N4O3S. The lowest BCUT2D eigenvalue weighted by Gasteiger charge is -2.11. The molecule has 0 bridgehead atoms. The summed E-state index contributed by atoms with van der Waals surface area (Å²) in [5.41, 5.74) is 1.93. The van der Waals surface area contributed by atoms with Gasteiger partial charge in [0.2, 0.25) is 5.82 Å². The Balaban J connectivity index is 1.74. The van der Waals surface area contributed by atoms with E-state index in [4.69, 9.17) is 9.62 Å². The van der Waals surface area contributed by atoms with Gasteiger partial charge in [0, 0.05) is 5.56 Å². The van der Waals surface area contributed by atoms with Crippen LogP contribution in [0.15, 0.2) is 75.3 Å². The van der Waals surface area contributed by atoms with E-state index in [0.717, 1.165) is 29.5 Å². The molecule has 0 atom stereocenters. The van der Waals surface area contributed by atoms with E-state index in [-0.39, 0.29) is 15.6 Å². The second kappa shape index (κ2) is 8.47. The highest BCUT2D eigenvalue weighted by atomic mass is 32.2. The maximum Gasteiger partial charge on any atom is 0.274 e. The standard InChI is InChI=1S/C20H14F2N4O3S/c21-14-9-13(19(27)25-28)10-15(22)17(14)30-20-24-23-18(16-7-4-8-29-16)26(20)11-12-5-2-1-3-6-12/h1-10,28H,11H2,(H,25,27). The van der Waals surface area contributed by atoms with Gasteiger partial charge in [-0.3, -0.25) is 14.6 Å². The molecule has 1 amide bonds. The third-order valence-electron chi connectivity index (χ3n) is 4.20. The predicted octanol–water partition coefficient (Wildman–Crippen LogP) is 4.13. The number of hydrogen-bond donors (Lipinski definition) is 2. The Bertz CT molecular complexity index is 1160. The minimum Gasteiger partial charge on any atom is -0.461 e. The fourth-order valence-corrected chi connectivity index (χ4v) is 3.64. The molecular weight excluding hydrogens is 414 g/mol. The summed E-state index contributed by atoms with van der Waals surface area (Å²) in [4.78, 5) is 11.1. The smallest absolute Gasteiger partial charge is 0.274 e. The fraction of sp³-hybridized carbons (Fsp3) is 0.0500. The number of carbonyl (C=O) groups is 1. The molecule has 10 heteroatoms. The molecule has 2 N–H and O–H groups in total. The molecule has 0 unspecified atom stereocenters. The zero-order valence-corrected chi connectivity index (χ0v) is 16.1. The van der Waals surface area contributed by atoms with Crippen LogP contribution in [-0.4, -0.2) is 25.9 Å². The SMILES string of the molecule is O=C(NO)c1cc(F)c(Sc2nnc(-c3ccco3)n2Cc2ccccc2)c(F)c1. The Hall–Kier alpha value is -3.50. The summed E-state index contributed by atoms with van der Waals surface area (Å²) < 4.78 is 36.2. The molecule has 0 radical (unpaired) electrons. The highest BCUT2D eigenvalue weighted by molar-refractivity contribution is 7.99. The largest absolute Gasteiger partial charge is 0.461 e. The number of nitrogens with one attached hydrogen (secondary N) is 1. The van der Waals surface area contributed by atoms with Crippen molar-refractivity contribution in [2.45, 2.75) is 16.6 Å². The van der Waals surface area contributed by atoms with Gasteiger partial charge in [0.25, 0.3) is 5.91 Å². The van der Waals surface area contributed by atoms with Gasteiger partial charge in [-0.2, -0.15) is 0 Å². The van der Waals surface area contributed by atoms with Crippen LogP contribution in [0.2, 0.25) is 0 Å². The van der Waals surface area contributed by atoms with E-state index in [9.17, 15) is 13.6 Å². The van der Waals surface area contributed by atoms with E-state index in [1.807, 2.05) is 30.3 Å². The Morgan fingerprint density at radius 1 is 1.10 bits per heavy atom. The quantitative estimate of drug-likeness (QED) is 0.354. The Morgan fingerprint density at radius 3 is 2.47 bits per heavy atom. The number of nitrogens with zero attached hydrogens (tertiary/aromatic N) is 3. The van der Waals surface area contributed by atoms with Crippen molar-refractivity contribution < 1.29 is 23.2 Å². The van der Waals surface area contributed by atoms with E-state index < -0.39 is 17.5 Å². The predicted molar refractivity (Wildman–Crippen MR) is 103 cm³/mol. The number of halogens is 2. The molecule has 0 aliphatic carbocycles. The summed E-state index contributed by atoms with van der Waals surface area (Å²) >= 11 is 0.736. The summed E-state index contributed by atoms with van der Waals surface area (Å²) in [6.45, 7) is 0.348. The summed E-state index contributed by atoms with van der Waals surface area (Å²) in [7, 11) is 0. The van der Waals surface area contributed by atoms with Crippen LogP contribution in [0.5, 0.6) is 0 Å². The van der Waals surface area contributed by atoms with Crippen LogP contribution in [0.1, 0.15) is 15.9 Å². The molecule has 152 valence electrons. The molecule has 2 aromatic heterocycles. The van der Waals surface area contributed by atoms with Gasteiger partial charge in [0.15, 0.2) is 10.9 Å². The first-order chi connectivity index (χ1) is 14.6. The molecule has 0 fully saturated rings. The number of rotatable bonds is 6. The van der Waals surface area contributed by atoms with Gasteiger partial charge in [0.1, 0.15) is 11.6 Å². The average molecular weight is 428 g/mol. The Kier molecular flexibility index (Phi) is 5.59. The Labute approximate surface area is 173 Å². The van der Waals surface area contributed by atoms with Gasteiger partial charge in [0.05, 0.1) is 17.7 Å². The summed E-state index contributed by atoms with van der Waals surface area (Å²) in [6.07, 6.45) is 1.49. The number of hydroxylamine groups is 1. The number of aromatic nitrogens is 3. The molecule has 0 aliphatic rings. The molecule has 7 nitrogen and oxygen atoms in total. The monoisotopic (exact) mass is 428 g/mol. The van der Waals surface area contributed by atoms with Crippen LogP contribution in [0, 0.1) is 11.6 Å². The molecule has 4 aromatic rings. The summed E-state index contributed by atoms with van der Waals surface area (Å²) in [6, 6.07) is 14.5. The van der Waals surface area contributed by atoms with Crippen LogP contribution in [0.4, 0.5) is 8.78 Å². The number of carbonyl (C=O) groups excluding carboxylic acids is 1. The van der Waals surface area contributed by atoms with Gasteiger partial charge in [-0.05, 0) is 41.6 Å². The third-order valence-corrected chi connectivity index (χ3v) is 5.28. The minimum absolute atomic E-state index is 0.238. The maximum atomic E-state index is 14.5. The van der Waals surface area contributed by atoms with Crippen molar-refractivity contribution in [2.24, 2.45) is 0 Å². The first-order valence-corrected chi connectivity index (χ1v) is 9.51. The van der Waals surface area contributed by atoms with E-state index in [2.05, 4.69) is 10.2 Å². The lowest BCUT2D eigenvalue weighted by molar-refractivity contribution is 0.0705. The van der Waals surface area contributed by atoms with E-state index in [1.165, 1.54) is 11.7 Å². The average Bonchev–Trinajstić information content (AvgIpc) is 3.41. The van der Waals surface area contributed by atoms with Crippen molar-refractivity contribution >= 4 is 17.7 Å². The lowest BCUT2D eigenvalue weighted by Crippen LogP contribution is -2.19. The summed E-state index contributed by atoms with van der Waals surface area (Å²) in [5, 5.41) is 17.1. The van der Waals surface area contributed by atoms with Crippen LogP contribution in [0.25, 0.3) is 11.6 Å². The number of furan rings is 1. The Morgan fingerprint density at radius 2 is 1.83 bits per heavy atom. The van der Waals surface area contributed by atoms with Crippen molar-refractivity contribution in [1.82, 2.24) is 20.2 Å². The molecule has 0 saturated carbocycles. The minimum atomic E-state index is -1.02. The van der Waals surface area contributed by atoms with Gasteiger partial charge in [-0.1, -0.05) is 30.3 Å². The zero-order chi connectivity index (χ0) is 21.1. The number of hydrogen-bond acceptors (Lipinski definition) is 6. The van der Waals surface area contributed by atoms with E-state index >= 15 is 0 Å². The van der Waals surface area contributed by atoms with Crippen LogP contribution in [-0.2, 0) is 6.54 Å². The van der Waals surface area contributed by atoms with E-state index in [0.29, 0.717) is 18.1 Å². The van der Waals surface area contributed by atoms with Crippen molar-refractivity contribution in [3.8, 4) is 11.6 Å². The zero-order valence-electron chi connectivity index (χ0n) is 15.3. The molecule has 0 spiro atoms. The van der Waals surface area contributed by atoms with Gasteiger partial charge in [-0.25, -0.2) is 14.3 Å². The van der Waals surface area contributed by atoms with Crippen molar-refractivity contribution in [2.75, 3.05) is 0 Å². The molecule has 0 saturated heterocycles. The fourth-order valence-electron chi connectivity index (χ4n) is 2.81. The van der Waals surface area contributed by atoms with Gasteiger partial charge >= 0.3 is 0 Å². The highest BCUT2D eigenvalue weighted by Gasteiger charge is 2.22. The molecule has 30 heavy (non-hydrogen) atoms. The maximum absolute atomic E-state index is 14.5. The third kappa shape index (κ3) is 3.95. The normalized spacial score (nSPS) is 10.9. The first-order valence-electron chi connectivity index (χ1n) is 8.69.